The highest BCUT2D eigenvalue weighted by atomic mass is 32.2. The molecule has 0 unspecified atom stereocenters. The fourth-order valence-electron chi connectivity index (χ4n) is 3.05. The van der Waals surface area contributed by atoms with Crippen molar-refractivity contribution in [1.82, 2.24) is 9.88 Å². The molecule has 4 rings (SSSR count). The lowest BCUT2D eigenvalue weighted by molar-refractivity contribution is 0.0316. The van der Waals surface area contributed by atoms with Gasteiger partial charge in [-0.05, 0) is 17.9 Å². The van der Waals surface area contributed by atoms with Crippen molar-refractivity contribution in [2.24, 2.45) is 0 Å². The van der Waals surface area contributed by atoms with Crippen LogP contribution in [-0.2, 0) is 4.74 Å². The van der Waals surface area contributed by atoms with E-state index in [2.05, 4.69) is 4.98 Å². The van der Waals surface area contributed by atoms with E-state index in [9.17, 15) is 4.79 Å². The molecule has 2 atom stereocenters. The average molecular weight is 336 g/mol. The molecule has 2 aromatic heterocycles. The van der Waals surface area contributed by atoms with Gasteiger partial charge in [0, 0.05) is 30.2 Å². The van der Waals surface area contributed by atoms with Crippen molar-refractivity contribution in [3.8, 4) is 10.6 Å². The summed E-state index contributed by atoms with van der Waals surface area (Å²) in [6.45, 7) is 2.22. The van der Waals surface area contributed by atoms with E-state index in [4.69, 9.17) is 9.15 Å². The predicted molar refractivity (Wildman–Crippen MR) is 86.3 cm³/mol. The number of aromatic nitrogens is 1. The summed E-state index contributed by atoms with van der Waals surface area (Å²) in [7, 11) is 0. The third-order valence-electron chi connectivity index (χ3n) is 4.11. The van der Waals surface area contributed by atoms with Gasteiger partial charge in [-0.3, -0.25) is 4.79 Å². The molecule has 7 heteroatoms. The van der Waals surface area contributed by atoms with Crippen molar-refractivity contribution < 1.29 is 13.9 Å². The van der Waals surface area contributed by atoms with Crippen LogP contribution in [0.2, 0.25) is 0 Å². The van der Waals surface area contributed by atoms with Crippen LogP contribution in [0.25, 0.3) is 10.6 Å². The molecule has 0 radical (unpaired) electrons. The van der Waals surface area contributed by atoms with Gasteiger partial charge < -0.3 is 14.1 Å². The number of fused-ring (bicyclic) bond motifs is 1. The van der Waals surface area contributed by atoms with Gasteiger partial charge in [-0.25, -0.2) is 4.98 Å². The van der Waals surface area contributed by atoms with Crippen LogP contribution in [0.15, 0.2) is 28.3 Å². The molecule has 2 aliphatic heterocycles. The third kappa shape index (κ3) is 2.47. The van der Waals surface area contributed by atoms with Crippen LogP contribution >= 0.6 is 23.1 Å². The number of thioether (sulfide) groups is 1. The Kier molecular flexibility index (Phi) is 3.94. The van der Waals surface area contributed by atoms with Crippen LogP contribution in [0, 0.1) is 0 Å². The highest BCUT2D eigenvalue weighted by Crippen LogP contribution is 2.33. The first-order chi connectivity index (χ1) is 10.8. The summed E-state index contributed by atoms with van der Waals surface area (Å²) >= 11 is 3.46. The molecule has 0 spiro atoms. The van der Waals surface area contributed by atoms with Crippen LogP contribution in [0.1, 0.15) is 16.9 Å². The van der Waals surface area contributed by atoms with Gasteiger partial charge in [0.15, 0.2) is 17.8 Å². The number of carbonyl (C=O) groups excluding carboxylic acids is 1. The topological polar surface area (TPSA) is 55.6 Å². The zero-order valence-corrected chi connectivity index (χ0v) is 13.6. The smallest absolute Gasteiger partial charge is 0.276 e. The molecule has 22 heavy (non-hydrogen) atoms. The van der Waals surface area contributed by atoms with Crippen LogP contribution in [-0.4, -0.2) is 52.6 Å². The van der Waals surface area contributed by atoms with E-state index in [1.165, 1.54) is 6.39 Å². The molecule has 2 aliphatic rings. The molecule has 0 saturated carbocycles. The van der Waals surface area contributed by atoms with Gasteiger partial charge in [-0.15, -0.1) is 11.3 Å². The van der Waals surface area contributed by atoms with Crippen molar-refractivity contribution in [3.63, 3.8) is 0 Å². The fraction of sp³-hybridized carbons (Fsp3) is 0.467. The molecule has 5 nitrogen and oxygen atoms in total. The molecule has 116 valence electrons. The highest BCUT2D eigenvalue weighted by Gasteiger charge is 2.38. The molecule has 2 fully saturated rings. The minimum Gasteiger partial charge on any atom is -0.442 e. The Labute approximate surface area is 136 Å². The van der Waals surface area contributed by atoms with E-state index in [-0.39, 0.29) is 11.9 Å². The highest BCUT2D eigenvalue weighted by molar-refractivity contribution is 8.00. The van der Waals surface area contributed by atoms with Gasteiger partial charge in [0.05, 0.1) is 11.5 Å². The maximum Gasteiger partial charge on any atom is 0.276 e. The number of thiophene rings is 1. The van der Waals surface area contributed by atoms with E-state index in [0.29, 0.717) is 16.7 Å². The molecule has 2 aromatic rings. The summed E-state index contributed by atoms with van der Waals surface area (Å²) in [5.41, 5.74) is 0.430. The molecule has 0 aliphatic carbocycles. The number of ether oxygens (including phenoxy) is 1. The van der Waals surface area contributed by atoms with Crippen molar-refractivity contribution in [2.45, 2.75) is 17.7 Å². The molecule has 0 N–H and O–H groups in total. The molecular formula is C15H16N2O3S2. The first kappa shape index (κ1) is 14.3. The quantitative estimate of drug-likeness (QED) is 0.844. The Hall–Kier alpha value is -1.31. The predicted octanol–water partition coefficient (Wildman–Crippen LogP) is 2.75. The van der Waals surface area contributed by atoms with Gasteiger partial charge in [0.1, 0.15) is 0 Å². The Bertz CT molecular complexity index is 654. The van der Waals surface area contributed by atoms with Gasteiger partial charge in [-0.1, -0.05) is 6.07 Å². The second-order valence-corrected chi connectivity index (χ2v) is 7.64. The Morgan fingerprint density at radius 3 is 3.27 bits per heavy atom. The maximum absolute atomic E-state index is 13.0. The monoisotopic (exact) mass is 336 g/mol. The number of hydrogen-bond acceptors (Lipinski definition) is 6. The summed E-state index contributed by atoms with van der Waals surface area (Å²) in [6, 6.07) is 4.14. The molecule has 0 aromatic carbocycles. The van der Waals surface area contributed by atoms with Crippen LogP contribution in [0.5, 0.6) is 0 Å². The number of nitrogens with zero attached hydrogens (tertiary/aromatic N) is 2. The van der Waals surface area contributed by atoms with Crippen molar-refractivity contribution >= 4 is 29.0 Å². The van der Waals surface area contributed by atoms with E-state index >= 15 is 0 Å². The van der Waals surface area contributed by atoms with Gasteiger partial charge >= 0.3 is 0 Å². The first-order valence-corrected chi connectivity index (χ1v) is 9.25. The molecule has 1 amide bonds. The van der Waals surface area contributed by atoms with Gasteiger partial charge in [-0.2, -0.15) is 11.8 Å². The third-order valence-corrected chi connectivity index (χ3v) is 6.27. The number of hydrogen-bond donors (Lipinski definition) is 0. The van der Waals surface area contributed by atoms with Crippen LogP contribution in [0.4, 0.5) is 0 Å². The van der Waals surface area contributed by atoms with Gasteiger partial charge in [0.2, 0.25) is 0 Å². The SMILES string of the molecule is O=C(c1ncoc1-c1cccs1)N1CCS[C@@H]2COCC[C@@H]21. The minimum absolute atomic E-state index is 0.0191. The largest absolute Gasteiger partial charge is 0.442 e. The lowest BCUT2D eigenvalue weighted by Crippen LogP contribution is -2.54. The molecular weight excluding hydrogens is 320 g/mol. The summed E-state index contributed by atoms with van der Waals surface area (Å²) in [4.78, 5) is 20.1. The second-order valence-electron chi connectivity index (χ2n) is 5.35. The van der Waals surface area contributed by atoms with Crippen molar-refractivity contribution in [1.29, 1.82) is 0 Å². The average Bonchev–Trinajstić information content (AvgIpc) is 3.24. The van der Waals surface area contributed by atoms with Gasteiger partial charge in [0.25, 0.3) is 5.91 Å². The summed E-state index contributed by atoms with van der Waals surface area (Å²) in [5, 5.41) is 2.35. The van der Waals surface area contributed by atoms with E-state index < -0.39 is 0 Å². The lowest BCUT2D eigenvalue weighted by atomic mass is 10.1. The second kappa shape index (κ2) is 6.06. The van der Waals surface area contributed by atoms with Crippen molar-refractivity contribution in [3.05, 3.63) is 29.6 Å². The standard InChI is InChI=1S/C15H16N2O3S2/c18-15(13-14(20-9-16-13)11-2-1-6-21-11)17-4-7-22-12-8-19-5-3-10(12)17/h1-2,6,9-10,12H,3-5,7-8H2/t10-,12+/m0/s1. The summed E-state index contributed by atoms with van der Waals surface area (Å²) in [5.74, 6) is 1.51. The lowest BCUT2D eigenvalue weighted by Gasteiger charge is -2.43. The van der Waals surface area contributed by atoms with E-state index in [1.807, 2.05) is 34.2 Å². The van der Waals surface area contributed by atoms with Crippen LogP contribution in [0.3, 0.4) is 0 Å². The number of oxazole rings is 1. The molecule has 2 saturated heterocycles. The summed E-state index contributed by atoms with van der Waals surface area (Å²) in [6.07, 6.45) is 2.26. The fourth-order valence-corrected chi connectivity index (χ4v) is 5.07. The molecule has 4 heterocycles. The molecule has 0 bridgehead atoms. The van der Waals surface area contributed by atoms with E-state index in [1.54, 1.807) is 11.3 Å². The minimum atomic E-state index is -0.0191. The Morgan fingerprint density at radius 2 is 2.41 bits per heavy atom. The zero-order chi connectivity index (χ0) is 14.9. The summed E-state index contributed by atoms with van der Waals surface area (Å²) < 4.78 is 11.0. The van der Waals surface area contributed by atoms with Crippen LogP contribution < -0.4 is 0 Å². The Balaban J connectivity index is 1.63. The number of amides is 1. The maximum atomic E-state index is 13.0. The normalized spacial score (nSPS) is 25.0. The number of rotatable bonds is 2. The number of carbonyl (C=O) groups is 1. The first-order valence-electron chi connectivity index (χ1n) is 7.32. The zero-order valence-electron chi connectivity index (χ0n) is 11.9. The van der Waals surface area contributed by atoms with E-state index in [0.717, 1.165) is 36.8 Å². The van der Waals surface area contributed by atoms with Crippen molar-refractivity contribution in [2.75, 3.05) is 25.5 Å². The Morgan fingerprint density at radius 1 is 1.45 bits per heavy atom.